The maximum atomic E-state index is 6.21. The molecule has 2 aliphatic rings. The smallest absolute Gasteiger partial charge is 0.266 e. The van der Waals surface area contributed by atoms with E-state index in [4.69, 9.17) is 15.0 Å². The van der Waals surface area contributed by atoms with Crippen LogP contribution in [0, 0.1) is 0 Å². The van der Waals surface area contributed by atoms with Crippen molar-refractivity contribution in [2.75, 3.05) is 31.2 Å². The molecule has 0 saturated carbocycles. The lowest BCUT2D eigenvalue weighted by Gasteiger charge is -2.17. The van der Waals surface area contributed by atoms with Crippen LogP contribution in [0.3, 0.4) is 0 Å². The molecule has 0 radical (unpaired) electrons. The van der Waals surface area contributed by atoms with Gasteiger partial charge >= 0.3 is 0 Å². The standard InChI is InChI=1S/C12H20N4O2/c13-12(5-8-17-9-12)10-14-11(15-18-10)16-6-3-1-2-4-7-16/h1-9,13H2. The summed E-state index contributed by atoms with van der Waals surface area (Å²) in [6, 6.07) is 0. The van der Waals surface area contributed by atoms with Gasteiger partial charge in [0, 0.05) is 19.7 Å². The van der Waals surface area contributed by atoms with Gasteiger partial charge in [0.2, 0.25) is 0 Å². The predicted octanol–water partition coefficient (Wildman–Crippen LogP) is 1.02. The Morgan fingerprint density at radius 1 is 1.17 bits per heavy atom. The number of nitrogens with two attached hydrogens (primary N) is 1. The topological polar surface area (TPSA) is 77.4 Å². The highest BCUT2D eigenvalue weighted by Gasteiger charge is 2.38. The van der Waals surface area contributed by atoms with Crippen molar-refractivity contribution < 1.29 is 9.26 Å². The number of anilines is 1. The molecule has 1 atom stereocenters. The quantitative estimate of drug-likeness (QED) is 0.847. The molecule has 0 aliphatic carbocycles. The Kier molecular flexibility index (Phi) is 3.22. The van der Waals surface area contributed by atoms with E-state index >= 15 is 0 Å². The molecule has 100 valence electrons. The van der Waals surface area contributed by atoms with Gasteiger partial charge in [0.05, 0.1) is 6.61 Å². The number of nitrogens with zero attached hydrogens (tertiary/aromatic N) is 3. The van der Waals surface area contributed by atoms with Gasteiger partial charge in [0.15, 0.2) is 0 Å². The zero-order valence-corrected chi connectivity index (χ0v) is 10.6. The molecule has 1 aromatic rings. The van der Waals surface area contributed by atoms with E-state index in [-0.39, 0.29) is 0 Å². The van der Waals surface area contributed by atoms with E-state index < -0.39 is 5.54 Å². The summed E-state index contributed by atoms with van der Waals surface area (Å²) in [5.41, 5.74) is 5.63. The Bertz CT molecular complexity index is 393. The molecule has 2 fully saturated rings. The molecular weight excluding hydrogens is 232 g/mol. The Morgan fingerprint density at radius 2 is 1.94 bits per heavy atom. The van der Waals surface area contributed by atoms with Crippen LogP contribution >= 0.6 is 0 Å². The van der Waals surface area contributed by atoms with Crippen molar-refractivity contribution in [1.82, 2.24) is 10.1 Å². The highest BCUT2D eigenvalue weighted by molar-refractivity contribution is 5.29. The molecule has 3 heterocycles. The summed E-state index contributed by atoms with van der Waals surface area (Å²) in [5.74, 6) is 1.20. The zero-order valence-electron chi connectivity index (χ0n) is 10.6. The molecule has 0 spiro atoms. The Hall–Kier alpha value is -1.14. The van der Waals surface area contributed by atoms with Gasteiger partial charge in [-0.05, 0) is 24.4 Å². The molecule has 1 unspecified atom stereocenters. The summed E-state index contributed by atoms with van der Waals surface area (Å²) >= 11 is 0. The number of aromatic nitrogens is 2. The van der Waals surface area contributed by atoms with Crippen LogP contribution in [0.5, 0.6) is 0 Å². The fraction of sp³-hybridized carbons (Fsp3) is 0.833. The minimum atomic E-state index is -0.586. The molecule has 6 nitrogen and oxygen atoms in total. The van der Waals surface area contributed by atoms with E-state index in [9.17, 15) is 0 Å². The molecule has 0 bridgehead atoms. The molecular formula is C12H20N4O2. The van der Waals surface area contributed by atoms with Crippen molar-refractivity contribution in [2.45, 2.75) is 37.6 Å². The second kappa shape index (κ2) is 4.85. The molecule has 3 rings (SSSR count). The molecule has 2 saturated heterocycles. The molecule has 2 aliphatic heterocycles. The Labute approximate surface area is 106 Å². The van der Waals surface area contributed by atoms with Crippen LogP contribution < -0.4 is 10.6 Å². The molecule has 0 amide bonds. The zero-order chi connectivity index (χ0) is 12.4. The third kappa shape index (κ3) is 2.22. The lowest BCUT2D eigenvalue weighted by molar-refractivity contribution is 0.166. The second-order valence-electron chi connectivity index (χ2n) is 5.26. The highest BCUT2D eigenvalue weighted by Crippen LogP contribution is 2.28. The van der Waals surface area contributed by atoms with E-state index in [1.165, 1.54) is 25.7 Å². The van der Waals surface area contributed by atoms with Crippen LogP contribution in [0.4, 0.5) is 5.95 Å². The third-order valence-electron chi connectivity index (χ3n) is 3.78. The number of ether oxygens (including phenoxy) is 1. The summed E-state index contributed by atoms with van der Waals surface area (Å²) in [6.45, 7) is 3.15. The lowest BCUT2D eigenvalue weighted by Crippen LogP contribution is -2.37. The van der Waals surface area contributed by atoms with Crippen molar-refractivity contribution in [1.29, 1.82) is 0 Å². The fourth-order valence-electron chi connectivity index (χ4n) is 2.57. The Morgan fingerprint density at radius 3 is 2.61 bits per heavy atom. The van der Waals surface area contributed by atoms with Gasteiger partial charge in [0.1, 0.15) is 5.54 Å². The number of hydrogen-bond donors (Lipinski definition) is 1. The molecule has 18 heavy (non-hydrogen) atoms. The fourth-order valence-corrected chi connectivity index (χ4v) is 2.57. The first kappa shape index (κ1) is 11.9. The summed E-state index contributed by atoms with van der Waals surface area (Å²) in [4.78, 5) is 6.67. The second-order valence-corrected chi connectivity index (χ2v) is 5.26. The van der Waals surface area contributed by atoms with E-state index in [1.54, 1.807) is 0 Å². The van der Waals surface area contributed by atoms with Crippen molar-refractivity contribution in [3.05, 3.63) is 5.89 Å². The third-order valence-corrected chi connectivity index (χ3v) is 3.78. The largest absolute Gasteiger partial charge is 0.379 e. The van der Waals surface area contributed by atoms with Gasteiger partial charge in [-0.25, -0.2) is 0 Å². The monoisotopic (exact) mass is 252 g/mol. The van der Waals surface area contributed by atoms with Gasteiger partial charge in [-0.1, -0.05) is 12.8 Å². The minimum Gasteiger partial charge on any atom is -0.379 e. The van der Waals surface area contributed by atoms with Crippen LogP contribution in [0.15, 0.2) is 4.52 Å². The normalized spacial score (nSPS) is 29.5. The molecule has 0 aromatic carbocycles. The number of hydrogen-bond acceptors (Lipinski definition) is 6. The van der Waals surface area contributed by atoms with E-state index in [1.807, 2.05) is 0 Å². The van der Waals surface area contributed by atoms with Crippen LogP contribution in [-0.4, -0.2) is 36.4 Å². The first-order chi connectivity index (χ1) is 8.78. The first-order valence-electron chi connectivity index (χ1n) is 6.74. The van der Waals surface area contributed by atoms with Crippen LogP contribution in [0.2, 0.25) is 0 Å². The summed E-state index contributed by atoms with van der Waals surface area (Å²) < 4.78 is 10.7. The maximum Gasteiger partial charge on any atom is 0.266 e. The van der Waals surface area contributed by atoms with Gasteiger partial charge in [-0.3, -0.25) is 0 Å². The van der Waals surface area contributed by atoms with E-state index in [2.05, 4.69) is 15.0 Å². The van der Waals surface area contributed by atoms with Crippen LogP contribution in [0.25, 0.3) is 0 Å². The Balaban J connectivity index is 1.76. The first-order valence-corrected chi connectivity index (χ1v) is 6.74. The highest BCUT2D eigenvalue weighted by atomic mass is 16.5. The maximum absolute atomic E-state index is 6.21. The lowest BCUT2D eigenvalue weighted by atomic mass is 10.0. The van der Waals surface area contributed by atoms with Crippen LogP contribution in [-0.2, 0) is 10.3 Å². The molecule has 1 aromatic heterocycles. The van der Waals surface area contributed by atoms with Crippen molar-refractivity contribution >= 4 is 5.95 Å². The van der Waals surface area contributed by atoms with Gasteiger partial charge in [-0.2, -0.15) is 4.98 Å². The van der Waals surface area contributed by atoms with Gasteiger partial charge in [0.25, 0.3) is 11.8 Å². The molecule has 6 heteroatoms. The van der Waals surface area contributed by atoms with Crippen molar-refractivity contribution in [2.24, 2.45) is 5.73 Å². The average Bonchev–Trinajstić information content (AvgIpc) is 2.94. The van der Waals surface area contributed by atoms with Crippen molar-refractivity contribution in [3.63, 3.8) is 0 Å². The van der Waals surface area contributed by atoms with E-state index in [0.29, 0.717) is 25.1 Å². The average molecular weight is 252 g/mol. The minimum absolute atomic E-state index is 0.467. The van der Waals surface area contributed by atoms with Crippen molar-refractivity contribution in [3.8, 4) is 0 Å². The predicted molar refractivity (Wildman–Crippen MR) is 66.3 cm³/mol. The molecule has 2 N–H and O–H groups in total. The summed E-state index contributed by atoms with van der Waals surface area (Å²) in [6.07, 6.45) is 5.71. The summed E-state index contributed by atoms with van der Waals surface area (Å²) in [7, 11) is 0. The summed E-state index contributed by atoms with van der Waals surface area (Å²) in [5, 5.41) is 4.08. The van der Waals surface area contributed by atoms with Crippen LogP contribution in [0.1, 0.15) is 38.0 Å². The van der Waals surface area contributed by atoms with Gasteiger partial charge in [-0.15, -0.1) is 0 Å². The number of rotatable bonds is 2. The SMILES string of the molecule is NC1(c2nc(N3CCCCCC3)no2)CCOC1. The van der Waals surface area contributed by atoms with Gasteiger partial charge < -0.3 is 19.9 Å². The van der Waals surface area contributed by atoms with E-state index in [0.717, 1.165) is 19.5 Å².